The third-order valence-corrected chi connectivity index (χ3v) is 6.74. The van der Waals surface area contributed by atoms with Gasteiger partial charge in [0.25, 0.3) is 0 Å². The number of hydrogen-bond acceptors (Lipinski definition) is 6. The fraction of sp³-hybridized carbons (Fsp3) is 0.571. The van der Waals surface area contributed by atoms with Crippen LogP contribution in [0.1, 0.15) is 40.0 Å². The van der Waals surface area contributed by atoms with Crippen molar-refractivity contribution in [3.8, 4) is 0 Å². The summed E-state index contributed by atoms with van der Waals surface area (Å²) in [5.41, 5.74) is 1.80. The molecule has 7 nitrogen and oxygen atoms in total. The van der Waals surface area contributed by atoms with Crippen LogP contribution in [-0.4, -0.2) is 53.5 Å². The van der Waals surface area contributed by atoms with E-state index in [0.717, 1.165) is 54.9 Å². The zero-order valence-electron chi connectivity index (χ0n) is 17.2. The Morgan fingerprint density at radius 2 is 2.00 bits per heavy atom. The molecule has 2 amide bonds. The van der Waals surface area contributed by atoms with Crippen molar-refractivity contribution in [1.82, 2.24) is 9.88 Å². The number of nitrogens with zero attached hydrogens (tertiary/aromatic N) is 2. The minimum Gasteiger partial charge on any atom is -0.375 e. The Labute approximate surface area is 174 Å². The molecule has 2 N–H and O–H groups in total. The summed E-state index contributed by atoms with van der Waals surface area (Å²) < 4.78 is 6.89. The first-order valence-electron chi connectivity index (χ1n) is 10.1. The van der Waals surface area contributed by atoms with E-state index in [9.17, 15) is 9.59 Å². The first-order valence-corrected chi connectivity index (χ1v) is 10.9. The molecule has 1 aromatic heterocycles. The maximum absolute atomic E-state index is 12.5. The summed E-state index contributed by atoms with van der Waals surface area (Å²) in [5, 5.41) is 6.28. The number of anilines is 2. The van der Waals surface area contributed by atoms with Crippen molar-refractivity contribution in [3.05, 3.63) is 18.2 Å². The second kappa shape index (κ2) is 7.66. The monoisotopic (exact) mass is 416 g/mol. The van der Waals surface area contributed by atoms with Crippen LogP contribution < -0.4 is 10.6 Å². The molecule has 4 rings (SSSR count). The Balaban J connectivity index is 1.31. The van der Waals surface area contributed by atoms with Crippen molar-refractivity contribution in [2.45, 2.75) is 45.6 Å². The van der Waals surface area contributed by atoms with Crippen LogP contribution >= 0.6 is 11.3 Å². The van der Waals surface area contributed by atoms with E-state index in [1.165, 1.54) is 18.3 Å². The molecule has 1 aromatic carbocycles. The fourth-order valence-electron chi connectivity index (χ4n) is 4.48. The maximum Gasteiger partial charge on any atom is 0.240 e. The first kappa shape index (κ1) is 20.3. The van der Waals surface area contributed by atoms with Crippen LogP contribution in [0.4, 0.5) is 10.8 Å². The summed E-state index contributed by atoms with van der Waals surface area (Å²) in [5.74, 6) is -0.150. The van der Waals surface area contributed by atoms with Crippen LogP contribution in [0, 0.1) is 5.41 Å². The fourth-order valence-corrected chi connectivity index (χ4v) is 5.40. The molecule has 2 aromatic rings. The second-order valence-corrected chi connectivity index (χ2v) is 9.96. The molecule has 0 saturated carbocycles. The SMILES string of the molecule is CC(=O)Nc1ccc2nc(NC(=O)CN3CCC4(CC3)COC(C)(C)C4)sc2c1. The molecule has 0 unspecified atom stereocenters. The van der Waals surface area contributed by atoms with Crippen molar-refractivity contribution in [3.63, 3.8) is 0 Å². The Morgan fingerprint density at radius 3 is 2.66 bits per heavy atom. The molecule has 0 aliphatic carbocycles. The normalized spacial score (nSPS) is 20.8. The highest BCUT2D eigenvalue weighted by Gasteiger charge is 2.45. The third-order valence-electron chi connectivity index (χ3n) is 5.81. The zero-order valence-corrected chi connectivity index (χ0v) is 18.0. The van der Waals surface area contributed by atoms with Crippen LogP contribution in [0.2, 0.25) is 0 Å². The van der Waals surface area contributed by atoms with Gasteiger partial charge in [-0.2, -0.15) is 0 Å². The van der Waals surface area contributed by atoms with E-state index in [1.54, 1.807) is 0 Å². The average molecular weight is 417 g/mol. The summed E-state index contributed by atoms with van der Waals surface area (Å²) in [6, 6.07) is 5.54. The molecular weight excluding hydrogens is 388 g/mol. The van der Waals surface area contributed by atoms with E-state index in [2.05, 4.69) is 34.4 Å². The number of nitrogens with one attached hydrogen (secondary N) is 2. The zero-order chi connectivity index (χ0) is 20.6. The van der Waals surface area contributed by atoms with E-state index in [1.807, 2.05) is 18.2 Å². The van der Waals surface area contributed by atoms with Gasteiger partial charge in [-0.15, -0.1) is 0 Å². The van der Waals surface area contributed by atoms with E-state index in [4.69, 9.17) is 4.74 Å². The molecule has 1 spiro atoms. The number of carbonyl (C=O) groups is 2. The second-order valence-electron chi connectivity index (χ2n) is 8.93. The number of hydrogen-bond donors (Lipinski definition) is 2. The van der Waals surface area contributed by atoms with E-state index < -0.39 is 0 Å². The number of fused-ring (bicyclic) bond motifs is 1. The Hall–Kier alpha value is -2.03. The predicted molar refractivity (Wildman–Crippen MR) is 115 cm³/mol. The molecule has 0 bridgehead atoms. The van der Waals surface area contributed by atoms with Crippen LogP contribution in [0.3, 0.4) is 0 Å². The summed E-state index contributed by atoms with van der Waals surface area (Å²) in [7, 11) is 0. The van der Waals surface area contributed by atoms with Crippen LogP contribution in [-0.2, 0) is 14.3 Å². The molecule has 3 heterocycles. The van der Waals surface area contributed by atoms with Gasteiger partial charge in [-0.25, -0.2) is 4.98 Å². The van der Waals surface area contributed by atoms with E-state index in [0.29, 0.717) is 11.7 Å². The van der Waals surface area contributed by atoms with Crippen molar-refractivity contribution in [1.29, 1.82) is 0 Å². The Kier molecular flexibility index (Phi) is 5.35. The number of aromatic nitrogens is 1. The molecule has 29 heavy (non-hydrogen) atoms. The van der Waals surface area contributed by atoms with Crippen LogP contribution in [0.15, 0.2) is 18.2 Å². The van der Waals surface area contributed by atoms with Gasteiger partial charge in [0.1, 0.15) is 0 Å². The molecule has 2 fully saturated rings. The lowest BCUT2D eigenvalue weighted by Crippen LogP contribution is -2.44. The number of piperidine rings is 1. The lowest BCUT2D eigenvalue weighted by molar-refractivity contribution is -0.118. The summed E-state index contributed by atoms with van der Waals surface area (Å²) in [4.78, 5) is 30.4. The standard InChI is InChI=1S/C21H28N4O3S/c1-14(26)22-15-4-5-16-17(10-15)29-19(23-16)24-18(27)11-25-8-6-21(7-9-25)12-20(2,3)28-13-21/h4-5,10H,6-9,11-13H2,1-3H3,(H,22,26)(H,23,24,27). The minimum atomic E-state index is -0.113. The van der Waals surface area contributed by atoms with Gasteiger partial charge in [0, 0.05) is 12.6 Å². The quantitative estimate of drug-likeness (QED) is 0.797. The van der Waals surface area contributed by atoms with Crippen molar-refractivity contribution >= 4 is 44.2 Å². The largest absolute Gasteiger partial charge is 0.375 e. The average Bonchev–Trinajstić information content (AvgIpc) is 3.16. The number of benzene rings is 1. The van der Waals surface area contributed by atoms with Crippen molar-refractivity contribution in [2.75, 3.05) is 36.9 Å². The number of amides is 2. The molecule has 0 radical (unpaired) electrons. The molecule has 0 atom stereocenters. The van der Waals surface area contributed by atoms with Gasteiger partial charge in [0.2, 0.25) is 11.8 Å². The summed E-state index contributed by atoms with van der Waals surface area (Å²) in [6.07, 6.45) is 3.26. The summed E-state index contributed by atoms with van der Waals surface area (Å²) in [6.45, 7) is 8.88. The van der Waals surface area contributed by atoms with Crippen LogP contribution in [0.5, 0.6) is 0 Å². The van der Waals surface area contributed by atoms with Gasteiger partial charge in [-0.1, -0.05) is 11.3 Å². The van der Waals surface area contributed by atoms with E-state index >= 15 is 0 Å². The highest BCUT2D eigenvalue weighted by molar-refractivity contribution is 7.22. The number of rotatable bonds is 4. The smallest absolute Gasteiger partial charge is 0.240 e. The predicted octanol–water partition coefficient (Wildman–Crippen LogP) is 3.47. The molecule has 8 heteroatoms. The van der Waals surface area contributed by atoms with E-state index in [-0.39, 0.29) is 22.8 Å². The highest BCUT2D eigenvalue weighted by Crippen LogP contribution is 2.46. The maximum atomic E-state index is 12.5. The molecule has 156 valence electrons. The third kappa shape index (κ3) is 4.76. The van der Waals surface area contributed by atoms with Gasteiger partial charge in [-0.3, -0.25) is 14.5 Å². The number of ether oxygens (including phenoxy) is 1. The Bertz CT molecular complexity index is 931. The van der Waals surface area contributed by atoms with Crippen LogP contribution in [0.25, 0.3) is 10.2 Å². The number of likely N-dealkylation sites (tertiary alicyclic amines) is 1. The van der Waals surface area contributed by atoms with Gasteiger partial charge in [-0.05, 0) is 69.8 Å². The van der Waals surface area contributed by atoms with Crippen molar-refractivity contribution < 1.29 is 14.3 Å². The van der Waals surface area contributed by atoms with Gasteiger partial charge in [0.15, 0.2) is 5.13 Å². The number of carbonyl (C=O) groups excluding carboxylic acids is 2. The van der Waals surface area contributed by atoms with Gasteiger partial charge < -0.3 is 15.4 Å². The lowest BCUT2D eigenvalue weighted by atomic mass is 9.74. The topological polar surface area (TPSA) is 83.6 Å². The van der Waals surface area contributed by atoms with Gasteiger partial charge in [0.05, 0.1) is 29.0 Å². The molecule has 2 saturated heterocycles. The minimum absolute atomic E-state index is 0.0216. The Morgan fingerprint density at radius 1 is 1.24 bits per heavy atom. The molecule has 2 aliphatic rings. The van der Waals surface area contributed by atoms with Crippen molar-refractivity contribution in [2.24, 2.45) is 5.41 Å². The lowest BCUT2D eigenvalue weighted by Gasteiger charge is -2.38. The highest BCUT2D eigenvalue weighted by atomic mass is 32.1. The number of thiazole rings is 1. The van der Waals surface area contributed by atoms with Gasteiger partial charge >= 0.3 is 0 Å². The molecule has 2 aliphatic heterocycles. The first-order chi connectivity index (χ1) is 13.7. The summed E-state index contributed by atoms with van der Waals surface area (Å²) >= 11 is 1.41. The molecular formula is C21H28N4O3S.